The highest BCUT2D eigenvalue weighted by Gasteiger charge is 2.20. The third kappa shape index (κ3) is 5.68. The van der Waals surface area contributed by atoms with Crippen LogP contribution in [0.3, 0.4) is 0 Å². The molecule has 0 spiro atoms. The summed E-state index contributed by atoms with van der Waals surface area (Å²) in [7, 11) is 0. The first-order valence-electron chi connectivity index (χ1n) is 9.13. The fraction of sp³-hybridized carbons (Fsp3) is 0.227. The molecule has 3 aromatic rings. The van der Waals surface area contributed by atoms with Crippen LogP contribution in [0.1, 0.15) is 42.6 Å². The van der Waals surface area contributed by atoms with Crippen LogP contribution in [0.2, 0.25) is 5.02 Å². The van der Waals surface area contributed by atoms with Crippen molar-refractivity contribution >= 4 is 34.8 Å². The van der Waals surface area contributed by atoms with Crippen molar-refractivity contribution in [3.8, 4) is 0 Å². The Hall–Kier alpha value is -3.12. The predicted octanol–water partition coefficient (Wildman–Crippen LogP) is 5.06. The summed E-state index contributed by atoms with van der Waals surface area (Å²) in [6, 6.07) is 15.3. The standard InChI is InChI=1S/C22H22ClN3O3/c1-22(2,3)19-12-18(26-29-19)13-20(27)24-16-8-10-17(11-9-16)25-21(28)14-4-6-15(23)7-5-14/h4-12H,13H2,1-3H3,(H,24,27)(H,25,28). The van der Waals surface area contributed by atoms with E-state index < -0.39 is 0 Å². The molecule has 150 valence electrons. The monoisotopic (exact) mass is 411 g/mol. The van der Waals surface area contributed by atoms with Gasteiger partial charge >= 0.3 is 0 Å². The van der Waals surface area contributed by atoms with Crippen molar-refractivity contribution in [1.82, 2.24) is 5.16 Å². The van der Waals surface area contributed by atoms with Crippen LogP contribution in [-0.2, 0) is 16.6 Å². The minimum Gasteiger partial charge on any atom is -0.361 e. The first-order chi connectivity index (χ1) is 13.7. The van der Waals surface area contributed by atoms with E-state index in [1.807, 2.05) is 20.8 Å². The van der Waals surface area contributed by atoms with E-state index in [9.17, 15) is 9.59 Å². The molecule has 0 aliphatic heterocycles. The highest BCUT2D eigenvalue weighted by molar-refractivity contribution is 6.30. The summed E-state index contributed by atoms with van der Waals surface area (Å²) < 4.78 is 5.30. The number of hydrogen-bond donors (Lipinski definition) is 2. The molecule has 0 aliphatic rings. The van der Waals surface area contributed by atoms with Gasteiger partial charge in [-0.2, -0.15) is 0 Å². The van der Waals surface area contributed by atoms with Crippen LogP contribution in [0.25, 0.3) is 0 Å². The molecule has 0 saturated heterocycles. The lowest BCUT2D eigenvalue weighted by molar-refractivity contribution is -0.115. The molecule has 0 atom stereocenters. The highest BCUT2D eigenvalue weighted by Crippen LogP contribution is 2.23. The Morgan fingerprint density at radius 1 is 0.966 bits per heavy atom. The average Bonchev–Trinajstić information content (AvgIpc) is 3.12. The molecule has 0 aliphatic carbocycles. The number of hydrogen-bond acceptors (Lipinski definition) is 4. The minimum absolute atomic E-state index is 0.120. The number of carbonyl (C=O) groups excluding carboxylic acids is 2. The number of carbonyl (C=O) groups is 2. The van der Waals surface area contributed by atoms with Gasteiger partial charge in [0, 0.05) is 33.4 Å². The lowest BCUT2D eigenvalue weighted by atomic mass is 9.93. The summed E-state index contributed by atoms with van der Waals surface area (Å²) in [5.41, 5.74) is 2.18. The van der Waals surface area contributed by atoms with Crippen LogP contribution in [0.5, 0.6) is 0 Å². The summed E-state index contributed by atoms with van der Waals surface area (Å²) in [5, 5.41) is 10.1. The normalized spacial score (nSPS) is 11.2. The van der Waals surface area contributed by atoms with Crippen molar-refractivity contribution in [2.75, 3.05) is 10.6 Å². The lowest BCUT2D eigenvalue weighted by Crippen LogP contribution is -2.15. The maximum Gasteiger partial charge on any atom is 0.255 e. The number of rotatable bonds is 5. The zero-order chi connectivity index (χ0) is 21.0. The van der Waals surface area contributed by atoms with Crippen LogP contribution in [0.4, 0.5) is 11.4 Å². The molecule has 1 aromatic heterocycles. The summed E-state index contributed by atoms with van der Waals surface area (Å²) in [6.45, 7) is 6.06. The average molecular weight is 412 g/mol. The van der Waals surface area contributed by atoms with Crippen LogP contribution in [0, 0.1) is 0 Å². The van der Waals surface area contributed by atoms with Gasteiger partial charge < -0.3 is 15.2 Å². The molecule has 7 heteroatoms. The first kappa shape index (κ1) is 20.6. The number of benzene rings is 2. The Balaban J connectivity index is 1.56. The van der Waals surface area contributed by atoms with Gasteiger partial charge in [0.2, 0.25) is 5.91 Å². The van der Waals surface area contributed by atoms with Crippen LogP contribution in [0.15, 0.2) is 59.1 Å². The number of aromatic nitrogens is 1. The van der Waals surface area contributed by atoms with Gasteiger partial charge in [0.1, 0.15) is 5.76 Å². The van der Waals surface area contributed by atoms with Crippen molar-refractivity contribution in [1.29, 1.82) is 0 Å². The fourth-order valence-corrected chi connectivity index (χ4v) is 2.69. The largest absolute Gasteiger partial charge is 0.361 e. The molecule has 0 saturated carbocycles. The number of amides is 2. The predicted molar refractivity (Wildman–Crippen MR) is 113 cm³/mol. The zero-order valence-corrected chi connectivity index (χ0v) is 17.2. The Bertz CT molecular complexity index is 1000. The second kappa shape index (κ2) is 8.49. The highest BCUT2D eigenvalue weighted by atomic mass is 35.5. The summed E-state index contributed by atoms with van der Waals surface area (Å²) in [6.07, 6.45) is 0.120. The van der Waals surface area contributed by atoms with Gasteiger partial charge in [0.05, 0.1) is 12.1 Å². The van der Waals surface area contributed by atoms with Gasteiger partial charge in [-0.15, -0.1) is 0 Å². The molecule has 29 heavy (non-hydrogen) atoms. The Labute approximate surface area is 174 Å². The van der Waals surface area contributed by atoms with Gasteiger partial charge in [-0.25, -0.2) is 0 Å². The SMILES string of the molecule is CC(C)(C)c1cc(CC(=O)Nc2ccc(NC(=O)c3ccc(Cl)cc3)cc2)no1. The summed E-state index contributed by atoms with van der Waals surface area (Å²) >= 11 is 5.83. The molecular formula is C22H22ClN3O3. The third-order valence-corrected chi connectivity index (χ3v) is 4.42. The Morgan fingerprint density at radius 2 is 1.55 bits per heavy atom. The van der Waals surface area contributed by atoms with Gasteiger partial charge in [-0.3, -0.25) is 9.59 Å². The maximum absolute atomic E-state index is 12.2. The molecular weight excluding hydrogens is 390 g/mol. The third-order valence-electron chi connectivity index (χ3n) is 4.17. The minimum atomic E-state index is -0.237. The van der Waals surface area contributed by atoms with Gasteiger partial charge in [0.25, 0.3) is 5.91 Å². The van der Waals surface area contributed by atoms with Crippen molar-refractivity contribution < 1.29 is 14.1 Å². The quantitative estimate of drug-likeness (QED) is 0.614. The second-order valence-corrected chi connectivity index (χ2v) is 8.13. The smallest absolute Gasteiger partial charge is 0.255 e. The topological polar surface area (TPSA) is 84.2 Å². The molecule has 0 bridgehead atoms. The molecule has 1 heterocycles. The van der Waals surface area contributed by atoms with Crippen LogP contribution < -0.4 is 10.6 Å². The van der Waals surface area contributed by atoms with Crippen LogP contribution in [-0.4, -0.2) is 17.0 Å². The van der Waals surface area contributed by atoms with E-state index in [1.54, 1.807) is 54.6 Å². The van der Waals surface area contributed by atoms with E-state index in [2.05, 4.69) is 15.8 Å². The number of nitrogens with zero attached hydrogens (tertiary/aromatic N) is 1. The van der Waals surface area contributed by atoms with Gasteiger partial charge in [-0.1, -0.05) is 37.5 Å². The van der Waals surface area contributed by atoms with E-state index in [1.165, 1.54) is 0 Å². The number of anilines is 2. The van der Waals surface area contributed by atoms with E-state index >= 15 is 0 Å². The molecule has 6 nitrogen and oxygen atoms in total. The van der Waals surface area contributed by atoms with E-state index in [4.69, 9.17) is 16.1 Å². The van der Waals surface area contributed by atoms with Gasteiger partial charge in [0.15, 0.2) is 0 Å². The number of nitrogens with one attached hydrogen (secondary N) is 2. The molecule has 2 amide bonds. The van der Waals surface area contributed by atoms with Crippen molar-refractivity contribution in [3.05, 3.63) is 76.6 Å². The van der Waals surface area contributed by atoms with Crippen LogP contribution >= 0.6 is 11.6 Å². The van der Waals surface area contributed by atoms with Gasteiger partial charge in [-0.05, 0) is 48.5 Å². The first-order valence-corrected chi connectivity index (χ1v) is 9.51. The molecule has 2 N–H and O–H groups in total. The zero-order valence-electron chi connectivity index (χ0n) is 16.5. The molecule has 3 rings (SSSR count). The second-order valence-electron chi connectivity index (χ2n) is 7.70. The van der Waals surface area contributed by atoms with E-state index in [0.29, 0.717) is 27.7 Å². The fourth-order valence-electron chi connectivity index (χ4n) is 2.56. The molecule has 0 unspecified atom stereocenters. The molecule has 0 fully saturated rings. The van der Waals surface area contributed by atoms with E-state index in [0.717, 1.165) is 5.76 Å². The Kier molecular flexibility index (Phi) is 6.03. The van der Waals surface area contributed by atoms with E-state index in [-0.39, 0.29) is 23.7 Å². The summed E-state index contributed by atoms with van der Waals surface area (Å²) in [5.74, 6) is 0.303. The Morgan fingerprint density at radius 3 is 2.10 bits per heavy atom. The summed E-state index contributed by atoms with van der Waals surface area (Å²) in [4.78, 5) is 24.5. The lowest BCUT2D eigenvalue weighted by Gasteiger charge is -2.12. The van der Waals surface area contributed by atoms with Crippen molar-refractivity contribution in [2.45, 2.75) is 32.6 Å². The van der Waals surface area contributed by atoms with Crippen molar-refractivity contribution in [2.24, 2.45) is 0 Å². The molecule has 0 radical (unpaired) electrons. The number of halogens is 1. The van der Waals surface area contributed by atoms with Crippen molar-refractivity contribution in [3.63, 3.8) is 0 Å². The molecule has 2 aromatic carbocycles. The maximum atomic E-state index is 12.2.